The summed E-state index contributed by atoms with van der Waals surface area (Å²) < 4.78 is 10.3. The molecule has 3 rings (SSSR count). The fraction of sp³-hybridized carbons (Fsp3) is 0.158. The van der Waals surface area contributed by atoms with Crippen LogP contribution < -0.4 is 25.8 Å². The molecule has 1 amide bonds. The van der Waals surface area contributed by atoms with Crippen molar-refractivity contribution in [2.75, 3.05) is 30.6 Å². The topological polar surface area (TPSA) is 124 Å². The molecule has 0 spiro atoms. The van der Waals surface area contributed by atoms with Crippen LogP contribution in [0.15, 0.2) is 48.9 Å². The highest BCUT2D eigenvalue weighted by atomic mass is 16.5. The number of carbonyl (C=O) groups excluding carboxylic acids is 1. The van der Waals surface area contributed by atoms with Gasteiger partial charge in [-0.1, -0.05) is 0 Å². The smallest absolute Gasteiger partial charge is 0.278 e. The maximum absolute atomic E-state index is 12.6. The largest absolute Gasteiger partial charge is 0.495 e. The van der Waals surface area contributed by atoms with Gasteiger partial charge in [0.15, 0.2) is 11.4 Å². The minimum Gasteiger partial charge on any atom is -0.495 e. The van der Waals surface area contributed by atoms with Gasteiger partial charge in [-0.05, 0) is 24.3 Å². The molecule has 9 nitrogen and oxygen atoms in total. The lowest BCUT2D eigenvalue weighted by molar-refractivity contribution is 0.101. The number of hydrogen-bond donors (Lipinski definition) is 3. The molecule has 0 aromatic carbocycles. The SMILES string of the molecule is COc1cnc(C(=O)Nc2ccnc(CNc3cccnc3N)c2)c(OC)c1. The van der Waals surface area contributed by atoms with E-state index >= 15 is 0 Å². The fourth-order valence-electron chi connectivity index (χ4n) is 2.46. The highest BCUT2D eigenvalue weighted by Gasteiger charge is 2.15. The molecule has 0 aliphatic carbocycles. The van der Waals surface area contributed by atoms with E-state index in [2.05, 4.69) is 25.6 Å². The number of nitrogens with zero attached hydrogens (tertiary/aromatic N) is 3. The molecule has 0 saturated heterocycles. The van der Waals surface area contributed by atoms with E-state index in [1.807, 2.05) is 6.07 Å². The van der Waals surface area contributed by atoms with Crippen molar-refractivity contribution in [3.05, 3.63) is 60.3 Å². The molecule has 3 aromatic rings. The number of rotatable bonds is 7. The van der Waals surface area contributed by atoms with Crippen molar-refractivity contribution < 1.29 is 14.3 Å². The minimum absolute atomic E-state index is 0.155. The van der Waals surface area contributed by atoms with Crippen molar-refractivity contribution in [2.24, 2.45) is 0 Å². The van der Waals surface area contributed by atoms with Crippen molar-refractivity contribution in [2.45, 2.75) is 6.54 Å². The second kappa shape index (κ2) is 8.67. The van der Waals surface area contributed by atoms with Crippen LogP contribution in [0.4, 0.5) is 17.2 Å². The van der Waals surface area contributed by atoms with Gasteiger partial charge in [-0.25, -0.2) is 9.97 Å². The van der Waals surface area contributed by atoms with Gasteiger partial charge < -0.3 is 25.8 Å². The Hall–Kier alpha value is -3.88. The van der Waals surface area contributed by atoms with E-state index < -0.39 is 5.91 Å². The number of methoxy groups -OCH3 is 2. The molecule has 0 saturated carbocycles. The monoisotopic (exact) mass is 380 g/mol. The Balaban J connectivity index is 1.70. The van der Waals surface area contributed by atoms with Gasteiger partial charge in [0.05, 0.1) is 38.3 Å². The molecule has 0 aliphatic heterocycles. The van der Waals surface area contributed by atoms with Crippen LogP contribution in [0.25, 0.3) is 0 Å². The Morgan fingerprint density at radius 2 is 1.96 bits per heavy atom. The average molecular weight is 380 g/mol. The van der Waals surface area contributed by atoms with Crippen molar-refractivity contribution in [1.82, 2.24) is 15.0 Å². The van der Waals surface area contributed by atoms with Gasteiger partial charge in [-0.2, -0.15) is 0 Å². The fourth-order valence-corrected chi connectivity index (χ4v) is 2.46. The van der Waals surface area contributed by atoms with Crippen LogP contribution in [-0.4, -0.2) is 35.1 Å². The van der Waals surface area contributed by atoms with Crippen LogP contribution in [0.5, 0.6) is 11.5 Å². The van der Waals surface area contributed by atoms with Crippen LogP contribution in [0.3, 0.4) is 0 Å². The first-order valence-electron chi connectivity index (χ1n) is 8.39. The Morgan fingerprint density at radius 3 is 2.71 bits per heavy atom. The molecule has 0 radical (unpaired) electrons. The van der Waals surface area contributed by atoms with E-state index in [0.29, 0.717) is 35.2 Å². The Kier molecular flexibility index (Phi) is 5.85. The van der Waals surface area contributed by atoms with Crippen molar-refractivity contribution in [3.63, 3.8) is 0 Å². The lowest BCUT2D eigenvalue weighted by Gasteiger charge is -2.11. The molecular formula is C19H20N6O3. The minimum atomic E-state index is -0.402. The van der Waals surface area contributed by atoms with E-state index in [0.717, 1.165) is 5.69 Å². The molecule has 9 heteroatoms. The number of pyridine rings is 3. The summed E-state index contributed by atoms with van der Waals surface area (Å²) in [6.45, 7) is 0.420. The second-order valence-corrected chi connectivity index (χ2v) is 5.71. The number of nitrogens with one attached hydrogen (secondary N) is 2. The Morgan fingerprint density at radius 1 is 1.11 bits per heavy atom. The highest BCUT2D eigenvalue weighted by molar-refractivity contribution is 6.04. The summed E-state index contributed by atoms with van der Waals surface area (Å²) in [7, 11) is 2.98. The second-order valence-electron chi connectivity index (χ2n) is 5.71. The van der Waals surface area contributed by atoms with Crippen LogP contribution in [0, 0.1) is 0 Å². The predicted octanol–water partition coefficient (Wildman–Crippen LogP) is 2.34. The molecule has 4 N–H and O–H groups in total. The standard InChI is InChI=1S/C19H20N6O3/c1-27-14-9-16(28-2)17(24-11-14)19(26)25-12-5-7-21-13(8-12)10-23-15-4-3-6-22-18(15)20/h3-9,11,23H,10H2,1-2H3,(H2,20,22)(H,21,25,26). The number of nitrogens with two attached hydrogens (primary N) is 1. The van der Waals surface area contributed by atoms with Crippen LogP contribution >= 0.6 is 0 Å². The zero-order valence-corrected chi connectivity index (χ0v) is 15.5. The predicted molar refractivity (Wildman–Crippen MR) is 106 cm³/mol. The van der Waals surface area contributed by atoms with Gasteiger partial charge in [0.25, 0.3) is 5.91 Å². The summed E-state index contributed by atoms with van der Waals surface area (Å²) in [4.78, 5) is 25.0. The Bertz CT molecular complexity index is 979. The van der Waals surface area contributed by atoms with Crippen LogP contribution in [0.1, 0.15) is 16.2 Å². The Labute approximate surface area is 161 Å². The maximum atomic E-state index is 12.6. The van der Waals surface area contributed by atoms with E-state index in [9.17, 15) is 4.79 Å². The lowest BCUT2D eigenvalue weighted by Crippen LogP contribution is -2.15. The maximum Gasteiger partial charge on any atom is 0.278 e. The van der Waals surface area contributed by atoms with Gasteiger partial charge >= 0.3 is 0 Å². The third-order valence-corrected chi connectivity index (χ3v) is 3.87. The average Bonchev–Trinajstić information content (AvgIpc) is 2.73. The molecule has 144 valence electrons. The van der Waals surface area contributed by atoms with Gasteiger partial charge in [0.2, 0.25) is 0 Å². The zero-order valence-electron chi connectivity index (χ0n) is 15.5. The summed E-state index contributed by atoms with van der Waals surface area (Å²) in [5.74, 6) is 0.825. The summed E-state index contributed by atoms with van der Waals surface area (Å²) in [6.07, 6.45) is 4.69. The molecule has 0 unspecified atom stereocenters. The van der Waals surface area contributed by atoms with Crippen molar-refractivity contribution in [3.8, 4) is 11.5 Å². The highest BCUT2D eigenvalue weighted by Crippen LogP contribution is 2.23. The molecular weight excluding hydrogens is 360 g/mol. The number of carbonyl (C=O) groups is 1. The zero-order chi connectivity index (χ0) is 19.9. The number of ether oxygens (including phenoxy) is 2. The number of anilines is 3. The summed E-state index contributed by atoms with van der Waals surface area (Å²) >= 11 is 0. The van der Waals surface area contributed by atoms with E-state index in [4.69, 9.17) is 15.2 Å². The van der Waals surface area contributed by atoms with Crippen molar-refractivity contribution >= 4 is 23.1 Å². The lowest BCUT2D eigenvalue weighted by atomic mass is 10.2. The summed E-state index contributed by atoms with van der Waals surface area (Å²) in [6, 6.07) is 8.67. The van der Waals surface area contributed by atoms with Gasteiger partial charge in [-0.3, -0.25) is 9.78 Å². The molecule has 3 aromatic heterocycles. The molecule has 0 atom stereocenters. The number of amides is 1. The normalized spacial score (nSPS) is 10.2. The van der Waals surface area contributed by atoms with Gasteiger partial charge in [0.1, 0.15) is 11.6 Å². The van der Waals surface area contributed by atoms with E-state index in [1.54, 1.807) is 36.7 Å². The number of aromatic nitrogens is 3. The van der Waals surface area contributed by atoms with E-state index in [-0.39, 0.29) is 5.69 Å². The van der Waals surface area contributed by atoms with Crippen LogP contribution in [0.2, 0.25) is 0 Å². The molecule has 0 bridgehead atoms. The van der Waals surface area contributed by atoms with Gasteiger partial charge in [0, 0.05) is 24.1 Å². The summed E-state index contributed by atoms with van der Waals surface area (Å²) in [5, 5.41) is 5.96. The first kappa shape index (κ1) is 18.9. The molecule has 0 fully saturated rings. The van der Waals surface area contributed by atoms with E-state index in [1.165, 1.54) is 20.4 Å². The van der Waals surface area contributed by atoms with Crippen molar-refractivity contribution in [1.29, 1.82) is 0 Å². The third kappa shape index (κ3) is 4.44. The molecule has 0 aliphatic rings. The number of hydrogen-bond acceptors (Lipinski definition) is 8. The van der Waals surface area contributed by atoms with Gasteiger partial charge in [-0.15, -0.1) is 0 Å². The first-order valence-corrected chi connectivity index (χ1v) is 8.39. The quantitative estimate of drug-likeness (QED) is 0.570. The van der Waals surface area contributed by atoms with Crippen LogP contribution in [-0.2, 0) is 6.54 Å². The third-order valence-electron chi connectivity index (χ3n) is 3.87. The molecule has 3 heterocycles. The first-order chi connectivity index (χ1) is 13.6. The molecule has 28 heavy (non-hydrogen) atoms. The summed E-state index contributed by atoms with van der Waals surface area (Å²) in [5.41, 5.74) is 7.98. The number of nitrogen functional groups attached to an aromatic ring is 1.